The van der Waals surface area contributed by atoms with Crippen molar-refractivity contribution in [3.8, 4) is 0 Å². The van der Waals surface area contributed by atoms with E-state index in [4.69, 9.17) is 10.5 Å². The molecule has 0 radical (unpaired) electrons. The Balaban J connectivity index is 1.75. The van der Waals surface area contributed by atoms with Crippen molar-refractivity contribution in [1.82, 2.24) is 10.2 Å². The number of nitrogens with two attached hydrogens (primary N) is 1. The van der Waals surface area contributed by atoms with Gasteiger partial charge in [0.2, 0.25) is 11.8 Å². The minimum atomic E-state index is -0.548. The molecule has 0 bridgehead atoms. The first kappa shape index (κ1) is 17.0. The molecule has 1 aliphatic heterocycles. The summed E-state index contributed by atoms with van der Waals surface area (Å²) >= 11 is 0. The number of benzene rings is 1. The van der Waals surface area contributed by atoms with Crippen molar-refractivity contribution in [2.45, 2.75) is 25.5 Å². The zero-order valence-corrected chi connectivity index (χ0v) is 12.9. The first-order chi connectivity index (χ1) is 11.1. The molecule has 1 atom stereocenters. The molecule has 0 aliphatic carbocycles. The number of hydrogen-bond donors (Lipinski definition) is 2. The minimum absolute atomic E-state index is 0.122. The molecule has 0 saturated carbocycles. The van der Waals surface area contributed by atoms with Gasteiger partial charge in [0.15, 0.2) is 0 Å². The van der Waals surface area contributed by atoms with Crippen molar-refractivity contribution >= 4 is 17.8 Å². The van der Waals surface area contributed by atoms with Gasteiger partial charge in [-0.15, -0.1) is 0 Å². The van der Waals surface area contributed by atoms with E-state index < -0.39 is 12.0 Å². The SMILES string of the molecule is NCC(=O)N1CCC[C@H]1C(=O)NCC(=O)OCc1ccccc1. The highest BCUT2D eigenvalue weighted by Gasteiger charge is 2.33. The number of hydrogen-bond acceptors (Lipinski definition) is 5. The van der Waals surface area contributed by atoms with Crippen molar-refractivity contribution in [1.29, 1.82) is 0 Å². The fourth-order valence-corrected chi connectivity index (χ4v) is 2.52. The van der Waals surface area contributed by atoms with Gasteiger partial charge in [-0.2, -0.15) is 0 Å². The van der Waals surface area contributed by atoms with E-state index in [0.717, 1.165) is 12.0 Å². The van der Waals surface area contributed by atoms with Crippen LogP contribution in [0.15, 0.2) is 30.3 Å². The number of esters is 1. The van der Waals surface area contributed by atoms with E-state index in [9.17, 15) is 14.4 Å². The van der Waals surface area contributed by atoms with Gasteiger partial charge in [-0.1, -0.05) is 30.3 Å². The average molecular weight is 319 g/mol. The standard InChI is InChI=1S/C16H21N3O4/c17-9-14(20)19-8-4-7-13(19)16(22)18-10-15(21)23-11-12-5-2-1-3-6-12/h1-3,5-6,13H,4,7-11,17H2,(H,18,22)/t13-/m0/s1. The van der Waals surface area contributed by atoms with E-state index in [1.165, 1.54) is 4.90 Å². The van der Waals surface area contributed by atoms with Crippen LogP contribution >= 0.6 is 0 Å². The van der Waals surface area contributed by atoms with Crippen LogP contribution in [0.3, 0.4) is 0 Å². The van der Waals surface area contributed by atoms with E-state index in [0.29, 0.717) is 13.0 Å². The number of likely N-dealkylation sites (tertiary alicyclic amines) is 1. The molecule has 1 aliphatic rings. The smallest absolute Gasteiger partial charge is 0.325 e. The third-order valence-electron chi connectivity index (χ3n) is 3.70. The molecule has 0 aromatic heterocycles. The molecule has 1 aromatic rings. The summed E-state index contributed by atoms with van der Waals surface area (Å²) in [6.45, 7) is 0.346. The molecule has 0 spiro atoms. The van der Waals surface area contributed by atoms with Crippen LogP contribution in [0.1, 0.15) is 18.4 Å². The molecule has 124 valence electrons. The molecular formula is C16H21N3O4. The van der Waals surface area contributed by atoms with Gasteiger partial charge in [0.25, 0.3) is 0 Å². The number of rotatable bonds is 6. The van der Waals surface area contributed by atoms with Crippen LogP contribution in [-0.4, -0.2) is 48.4 Å². The highest BCUT2D eigenvalue weighted by atomic mass is 16.5. The summed E-state index contributed by atoms with van der Waals surface area (Å²) in [7, 11) is 0. The van der Waals surface area contributed by atoms with Crippen LogP contribution in [0, 0.1) is 0 Å². The lowest BCUT2D eigenvalue weighted by atomic mass is 10.2. The molecule has 7 heteroatoms. The average Bonchev–Trinajstić information content (AvgIpc) is 3.07. The fraction of sp³-hybridized carbons (Fsp3) is 0.438. The Morgan fingerprint density at radius 3 is 2.70 bits per heavy atom. The van der Waals surface area contributed by atoms with Crippen LogP contribution in [0.4, 0.5) is 0 Å². The number of nitrogens with zero attached hydrogens (tertiary/aromatic N) is 1. The normalized spacial score (nSPS) is 16.9. The van der Waals surface area contributed by atoms with E-state index >= 15 is 0 Å². The maximum Gasteiger partial charge on any atom is 0.325 e. The number of amides is 2. The summed E-state index contributed by atoms with van der Waals surface area (Å²) in [5.74, 6) is -1.12. The third kappa shape index (κ3) is 4.79. The van der Waals surface area contributed by atoms with E-state index in [-0.39, 0.29) is 31.5 Å². The predicted molar refractivity (Wildman–Crippen MR) is 83.0 cm³/mol. The van der Waals surface area contributed by atoms with Gasteiger partial charge in [-0.05, 0) is 18.4 Å². The maximum absolute atomic E-state index is 12.1. The molecule has 0 unspecified atom stereocenters. The Kier molecular flexibility index (Phi) is 6.10. The Bertz CT molecular complexity index is 562. The van der Waals surface area contributed by atoms with Crippen molar-refractivity contribution in [3.63, 3.8) is 0 Å². The van der Waals surface area contributed by atoms with Crippen LogP contribution < -0.4 is 11.1 Å². The number of ether oxygens (including phenoxy) is 1. The molecule has 1 heterocycles. The Labute approximate surface area is 134 Å². The van der Waals surface area contributed by atoms with E-state index in [1.54, 1.807) is 0 Å². The molecular weight excluding hydrogens is 298 g/mol. The zero-order valence-electron chi connectivity index (χ0n) is 12.9. The Morgan fingerprint density at radius 1 is 1.26 bits per heavy atom. The van der Waals surface area contributed by atoms with Crippen molar-refractivity contribution < 1.29 is 19.1 Å². The van der Waals surface area contributed by atoms with Gasteiger partial charge in [0.1, 0.15) is 19.2 Å². The molecule has 1 fully saturated rings. The quantitative estimate of drug-likeness (QED) is 0.707. The lowest BCUT2D eigenvalue weighted by molar-refractivity contribution is -0.145. The summed E-state index contributed by atoms with van der Waals surface area (Å²) in [6, 6.07) is 8.73. The summed E-state index contributed by atoms with van der Waals surface area (Å²) in [5.41, 5.74) is 6.21. The van der Waals surface area contributed by atoms with Gasteiger partial charge in [0.05, 0.1) is 6.54 Å². The molecule has 1 saturated heterocycles. The van der Waals surface area contributed by atoms with Gasteiger partial charge in [0, 0.05) is 6.54 Å². The lowest BCUT2D eigenvalue weighted by Gasteiger charge is -2.23. The fourth-order valence-electron chi connectivity index (χ4n) is 2.52. The molecule has 2 rings (SSSR count). The van der Waals surface area contributed by atoms with Crippen LogP contribution in [0.5, 0.6) is 0 Å². The summed E-state index contributed by atoms with van der Waals surface area (Å²) < 4.78 is 5.08. The highest BCUT2D eigenvalue weighted by molar-refractivity contribution is 5.90. The number of carbonyl (C=O) groups excluding carboxylic acids is 3. The molecule has 7 nitrogen and oxygen atoms in total. The van der Waals surface area contributed by atoms with Gasteiger partial charge in [-0.25, -0.2) is 0 Å². The molecule has 2 amide bonds. The number of nitrogens with one attached hydrogen (secondary N) is 1. The minimum Gasteiger partial charge on any atom is -0.460 e. The summed E-state index contributed by atoms with van der Waals surface area (Å²) in [6.07, 6.45) is 1.33. The van der Waals surface area contributed by atoms with E-state index in [1.807, 2.05) is 30.3 Å². The highest BCUT2D eigenvalue weighted by Crippen LogP contribution is 2.17. The Hall–Kier alpha value is -2.41. The predicted octanol–water partition coefficient (Wildman–Crippen LogP) is -0.204. The van der Waals surface area contributed by atoms with Gasteiger partial charge < -0.3 is 20.7 Å². The van der Waals surface area contributed by atoms with Crippen molar-refractivity contribution in [3.05, 3.63) is 35.9 Å². The van der Waals surface area contributed by atoms with Crippen molar-refractivity contribution in [2.75, 3.05) is 19.6 Å². The Morgan fingerprint density at radius 2 is 2.00 bits per heavy atom. The number of carbonyl (C=O) groups is 3. The van der Waals surface area contributed by atoms with Crippen LogP contribution in [0.2, 0.25) is 0 Å². The second-order valence-corrected chi connectivity index (χ2v) is 5.31. The van der Waals surface area contributed by atoms with Crippen LogP contribution in [-0.2, 0) is 25.7 Å². The molecule has 1 aromatic carbocycles. The lowest BCUT2D eigenvalue weighted by Crippen LogP contribution is -2.48. The topological polar surface area (TPSA) is 102 Å². The largest absolute Gasteiger partial charge is 0.460 e. The first-order valence-electron chi connectivity index (χ1n) is 7.58. The van der Waals surface area contributed by atoms with Crippen molar-refractivity contribution in [2.24, 2.45) is 5.73 Å². The first-order valence-corrected chi connectivity index (χ1v) is 7.58. The van der Waals surface area contributed by atoms with Gasteiger partial charge >= 0.3 is 5.97 Å². The zero-order chi connectivity index (χ0) is 16.7. The van der Waals surface area contributed by atoms with Gasteiger partial charge in [-0.3, -0.25) is 14.4 Å². The monoisotopic (exact) mass is 319 g/mol. The molecule has 3 N–H and O–H groups in total. The van der Waals surface area contributed by atoms with Crippen LogP contribution in [0.25, 0.3) is 0 Å². The molecule has 23 heavy (non-hydrogen) atoms. The second-order valence-electron chi connectivity index (χ2n) is 5.31. The summed E-state index contributed by atoms with van der Waals surface area (Å²) in [4.78, 5) is 36.9. The second kappa shape index (κ2) is 8.28. The summed E-state index contributed by atoms with van der Waals surface area (Å²) in [5, 5.41) is 2.52. The maximum atomic E-state index is 12.1. The third-order valence-corrected chi connectivity index (χ3v) is 3.70. The van der Waals surface area contributed by atoms with E-state index in [2.05, 4.69) is 5.32 Å².